The number of carbonyl (C=O) groups is 12. The molecule has 0 heterocycles. The molecule has 0 saturated carbocycles. The monoisotopic (exact) mass is 1390 g/mol. The summed E-state index contributed by atoms with van der Waals surface area (Å²) in [6.07, 6.45) is -0.306. The molecule has 0 aliphatic heterocycles. The molecule has 98 heavy (non-hydrogen) atoms. The molecule has 0 fully saturated rings. The molecular formula is C61H74N10O26S. The number of aliphatic carboxylic acids is 10. The number of benzene rings is 4. The summed E-state index contributed by atoms with van der Waals surface area (Å²) in [5.41, 5.74) is 2.30. The second kappa shape index (κ2) is 41.8. The molecule has 0 bridgehead atoms. The number of rotatable bonds is 46. The van der Waals surface area contributed by atoms with E-state index in [2.05, 4.69) is 33.0 Å². The number of thiocarbonyl (C=S) groups is 1. The number of isothiocyanates is 1. The van der Waals surface area contributed by atoms with Crippen LogP contribution in [0.2, 0.25) is 0 Å². The number of hydrogen-bond acceptors (Lipinski definition) is 24. The lowest BCUT2D eigenvalue weighted by Gasteiger charge is -2.35. The molecule has 14 N–H and O–H groups in total. The lowest BCUT2D eigenvalue weighted by Crippen LogP contribution is -2.54. The molecule has 4 rings (SSSR count). The SMILES string of the molecule is O=C(O)CN(CCN(CC(=O)O)CC(Cc1ccc(N=C=S)cc1)N(CC(=O)O)CC(=O)NC(Cc1ccc(O)cc1)C(=O)O)CC(=O)NC(Cc1ccc(O)cc1)C(=O)O.O=C(O)CN(CCN(CC(=O)O)CC(Cc1ccc([N+](=O)[O-])cc1)N(CC(=O)O)CC(=O)O)CC(=O)O. The molecule has 0 aliphatic carbocycles. The van der Waals surface area contributed by atoms with Crippen molar-refractivity contribution in [3.63, 3.8) is 0 Å². The molecule has 0 aliphatic rings. The van der Waals surface area contributed by atoms with Crippen molar-refractivity contribution in [2.45, 2.75) is 49.9 Å². The summed E-state index contributed by atoms with van der Waals surface area (Å²) in [5, 5.41) is 132. The maximum Gasteiger partial charge on any atom is 0.326 e. The maximum atomic E-state index is 13.5. The summed E-state index contributed by atoms with van der Waals surface area (Å²) < 4.78 is 0. The fraction of sp³-hybridized carbons (Fsp3) is 0.393. The summed E-state index contributed by atoms with van der Waals surface area (Å²) in [7, 11) is 0. The van der Waals surface area contributed by atoms with Crippen LogP contribution in [0.25, 0.3) is 0 Å². The number of non-ortho nitro benzene ring substituents is 1. The molecule has 0 radical (unpaired) electrons. The van der Waals surface area contributed by atoms with E-state index in [1.807, 2.05) is 0 Å². The Morgan fingerprint density at radius 2 is 0.694 bits per heavy atom. The van der Waals surface area contributed by atoms with E-state index >= 15 is 0 Å². The summed E-state index contributed by atoms with van der Waals surface area (Å²) in [4.78, 5) is 165. The number of nitro groups is 1. The summed E-state index contributed by atoms with van der Waals surface area (Å²) in [6, 6.07) is 18.3. The fourth-order valence-corrected chi connectivity index (χ4v) is 9.95. The highest BCUT2D eigenvalue weighted by Gasteiger charge is 2.32. The van der Waals surface area contributed by atoms with Crippen molar-refractivity contribution < 1.29 is 124 Å². The average Bonchev–Trinajstić information content (AvgIpc) is 0.861. The molecule has 36 nitrogen and oxygen atoms in total. The third-order valence-corrected chi connectivity index (χ3v) is 14.3. The Hall–Kier alpha value is -10.9. The number of carboxylic acids is 10. The number of amides is 2. The van der Waals surface area contributed by atoms with Gasteiger partial charge in [0, 0.05) is 76.3 Å². The number of carbonyl (C=O) groups excluding carboxylic acids is 2. The van der Waals surface area contributed by atoms with Crippen LogP contribution < -0.4 is 10.6 Å². The Morgan fingerprint density at radius 1 is 0.408 bits per heavy atom. The van der Waals surface area contributed by atoms with Crippen LogP contribution in [0.4, 0.5) is 11.4 Å². The summed E-state index contributed by atoms with van der Waals surface area (Å²) in [6.45, 7) is -7.73. The molecule has 2 amide bonds. The number of nitrogens with zero attached hydrogens (tertiary/aromatic N) is 8. The van der Waals surface area contributed by atoms with E-state index in [1.54, 1.807) is 24.3 Å². The van der Waals surface area contributed by atoms with E-state index in [4.69, 9.17) is 10.2 Å². The predicted octanol–water partition coefficient (Wildman–Crippen LogP) is -0.638. The van der Waals surface area contributed by atoms with Gasteiger partial charge in [-0.1, -0.05) is 48.5 Å². The van der Waals surface area contributed by atoms with Gasteiger partial charge in [0.1, 0.15) is 23.6 Å². The first kappa shape index (κ1) is 81.3. The van der Waals surface area contributed by atoms with Gasteiger partial charge in [0.05, 0.1) is 81.2 Å². The Morgan fingerprint density at radius 3 is 1.02 bits per heavy atom. The van der Waals surface area contributed by atoms with E-state index in [-0.39, 0.29) is 82.1 Å². The van der Waals surface area contributed by atoms with Crippen LogP contribution in [0.15, 0.2) is 102 Å². The fourth-order valence-electron chi connectivity index (χ4n) is 9.84. The van der Waals surface area contributed by atoms with E-state index in [0.717, 1.165) is 14.7 Å². The van der Waals surface area contributed by atoms with Crippen molar-refractivity contribution in [3.8, 4) is 11.5 Å². The minimum Gasteiger partial charge on any atom is -0.508 e. The highest BCUT2D eigenvalue weighted by Crippen LogP contribution is 2.20. The average molecular weight is 1400 g/mol. The zero-order valence-electron chi connectivity index (χ0n) is 52.3. The molecule has 530 valence electrons. The number of carboxylic acid groups (broad SMARTS) is 10. The zero-order chi connectivity index (χ0) is 73.2. The van der Waals surface area contributed by atoms with Crippen molar-refractivity contribution >= 4 is 100 Å². The van der Waals surface area contributed by atoms with Crippen LogP contribution in [0.5, 0.6) is 11.5 Å². The Labute approximate surface area is 562 Å². The van der Waals surface area contributed by atoms with Gasteiger partial charge in [-0.15, -0.1) is 0 Å². The normalized spacial score (nSPS) is 12.3. The zero-order valence-corrected chi connectivity index (χ0v) is 53.1. The predicted molar refractivity (Wildman–Crippen MR) is 342 cm³/mol. The van der Waals surface area contributed by atoms with Crippen LogP contribution in [-0.4, -0.2) is 301 Å². The topological polar surface area (TPSA) is 547 Å². The van der Waals surface area contributed by atoms with Gasteiger partial charge in [0.15, 0.2) is 0 Å². The minimum atomic E-state index is -1.45. The van der Waals surface area contributed by atoms with Crippen molar-refractivity contribution in [1.82, 2.24) is 40.0 Å². The second-order valence-electron chi connectivity index (χ2n) is 22.0. The number of nitro benzene ring substituents is 1. The number of aliphatic imine (C=N–C) groups is 1. The Bertz CT molecular complexity index is 3420. The first-order valence-electron chi connectivity index (χ1n) is 29.3. The first-order chi connectivity index (χ1) is 46.2. The van der Waals surface area contributed by atoms with Crippen LogP contribution >= 0.6 is 12.2 Å². The molecule has 4 unspecified atom stereocenters. The smallest absolute Gasteiger partial charge is 0.326 e. The third kappa shape index (κ3) is 33.5. The number of aromatic hydroxyl groups is 2. The molecule has 0 aromatic heterocycles. The van der Waals surface area contributed by atoms with Crippen LogP contribution in [-0.2, 0) is 83.2 Å². The van der Waals surface area contributed by atoms with Gasteiger partial charge in [-0.2, -0.15) is 4.99 Å². The largest absolute Gasteiger partial charge is 0.508 e. The van der Waals surface area contributed by atoms with Crippen LogP contribution in [0, 0.1) is 10.1 Å². The quantitative estimate of drug-likeness (QED) is 0.0113. The van der Waals surface area contributed by atoms with Gasteiger partial charge in [-0.3, -0.25) is 87.5 Å². The van der Waals surface area contributed by atoms with Gasteiger partial charge in [0.25, 0.3) is 5.69 Å². The highest BCUT2D eigenvalue weighted by atomic mass is 32.1. The van der Waals surface area contributed by atoms with Gasteiger partial charge >= 0.3 is 59.7 Å². The number of phenolic OH excluding ortho intramolecular Hbond substituents is 2. The van der Waals surface area contributed by atoms with Crippen molar-refractivity contribution in [2.24, 2.45) is 4.99 Å². The highest BCUT2D eigenvalue weighted by molar-refractivity contribution is 7.78. The Balaban J connectivity index is 0.000000577. The summed E-state index contributed by atoms with van der Waals surface area (Å²) >= 11 is 4.66. The van der Waals surface area contributed by atoms with Crippen molar-refractivity contribution in [1.29, 1.82) is 0 Å². The van der Waals surface area contributed by atoms with Gasteiger partial charge in [-0.25, -0.2) is 9.59 Å². The molecule has 0 saturated heterocycles. The molecule has 0 spiro atoms. The number of nitrogens with one attached hydrogen (secondary N) is 2. The van der Waals surface area contributed by atoms with E-state index in [0.29, 0.717) is 27.9 Å². The third-order valence-electron chi connectivity index (χ3n) is 14.2. The lowest BCUT2D eigenvalue weighted by molar-refractivity contribution is -0.384. The lowest BCUT2D eigenvalue weighted by atomic mass is 10.0. The standard InChI is InChI=1S/C40H46N6O14S.C21H28N4O12/c47-30-9-3-26(4-10-30)16-32(39(57)58)42-34(49)19-45(22-37(53)54)14-13-44(21-36(51)52)18-29(15-25-1-7-28(8-2-25)41-24-61)46(23-38(55)56)20-35(50)43-33(40(59)60)17-27-5-11-31(48)12-6-27;26-17(27)9-22(5-6-23(10-18(28)29)11-19(30)31)8-16(24(12-20(32)33)13-21(34)35)7-14-1-3-15(4-2-14)25(36)37/h1-12,29,32-33,47-48H,13-23H2,(H,42,49)(H,43,50)(H,51,52)(H,53,54)(H,55,56)(H,57,58)(H,59,60);1-4,16H,5-13H2,(H,26,27)(H,28,29)(H,30,31)(H,32,33)(H,34,35). The van der Waals surface area contributed by atoms with Gasteiger partial charge < -0.3 is 71.9 Å². The van der Waals surface area contributed by atoms with Crippen LogP contribution in [0.1, 0.15) is 22.3 Å². The molecule has 4 aromatic carbocycles. The molecule has 4 atom stereocenters. The second-order valence-corrected chi connectivity index (χ2v) is 22.2. The molecular weight excluding hydrogens is 1320 g/mol. The summed E-state index contributed by atoms with van der Waals surface area (Å²) in [5.74, 6) is -15.1. The van der Waals surface area contributed by atoms with E-state index in [1.165, 1.54) is 87.5 Å². The maximum absolute atomic E-state index is 13.5. The van der Waals surface area contributed by atoms with Gasteiger partial charge in [0.2, 0.25) is 11.8 Å². The molecule has 4 aromatic rings. The first-order valence-corrected chi connectivity index (χ1v) is 29.7. The molecule has 37 heteroatoms. The van der Waals surface area contributed by atoms with Crippen LogP contribution in [0.3, 0.4) is 0 Å². The van der Waals surface area contributed by atoms with E-state index < -0.39 is 166 Å². The minimum absolute atomic E-state index is 0.00262. The number of hydrogen-bond donors (Lipinski definition) is 14. The van der Waals surface area contributed by atoms with E-state index in [9.17, 15) is 119 Å². The Kier molecular flexibility index (Phi) is 34.7. The van der Waals surface area contributed by atoms with Crippen molar-refractivity contribution in [3.05, 3.63) is 129 Å². The van der Waals surface area contributed by atoms with Crippen molar-refractivity contribution in [2.75, 3.05) is 105 Å². The van der Waals surface area contributed by atoms with Gasteiger partial charge in [-0.05, 0) is 83.7 Å². The number of phenols is 2.